The molecule has 7 heteroatoms. The number of rotatable bonds is 6. The van der Waals surface area contributed by atoms with Crippen LogP contribution in [0.1, 0.15) is 19.3 Å². The maximum atomic E-state index is 12.1. The second-order valence-corrected chi connectivity index (χ2v) is 6.58. The van der Waals surface area contributed by atoms with Gasteiger partial charge in [-0.2, -0.15) is 0 Å². The SMILES string of the molecule is O=C(O)CCCCS(=O)(=O)c1ccc2c(c1)OCCO2. The molecule has 20 heavy (non-hydrogen) atoms. The van der Waals surface area contributed by atoms with E-state index in [1.807, 2.05) is 0 Å². The number of fused-ring (bicyclic) bond motifs is 1. The fraction of sp³-hybridized carbons (Fsp3) is 0.462. The Morgan fingerprint density at radius 2 is 1.85 bits per heavy atom. The van der Waals surface area contributed by atoms with Gasteiger partial charge < -0.3 is 14.6 Å². The van der Waals surface area contributed by atoms with E-state index < -0.39 is 15.8 Å². The Balaban J connectivity index is 2.03. The fourth-order valence-corrected chi connectivity index (χ4v) is 3.29. The van der Waals surface area contributed by atoms with Gasteiger partial charge in [-0.15, -0.1) is 0 Å². The molecule has 1 aliphatic heterocycles. The van der Waals surface area contributed by atoms with Crippen LogP contribution in [0, 0.1) is 0 Å². The summed E-state index contributed by atoms with van der Waals surface area (Å²) in [4.78, 5) is 10.6. The third-order valence-corrected chi connectivity index (χ3v) is 4.72. The van der Waals surface area contributed by atoms with Gasteiger partial charge >= 0.3 is 5.97 Å². The van der Waals surface area contributed by atoms with Crippen LogP contribution in [0.3, 0.4) is 0 Å². The zero-order valence-corrected chi connectivity index (χ0v) is 11.7. The van der Waals surface area contributed by atoms with E-state index in [0.717, 1.165) is 0 Å². The minimum absolute atomic E-state index is 0.0172. The summed E-state index contributed by atoms with van der Waals surface area (Å²) in [6.45, 7) is 0.851. The topological polar surface area (TPSA) is 89.9 Å². The van der Waals surface area contributed by atoms with E-state index in [9.17, 15) is 13.2 Å². The number of carbonyl (C=O) groups is 1. The molecule has 0 amide bonds. The molecule has 0 saturated heterocycles. The van der Waals surface area contributed by atoms with Gasteiger partial charge in [0.15, 0.2) is 21.3 Å². The monoisotopic (exact) mass is 300 g/mol. The molecular formula is C13H16O6S. The third kappa shape index (κ3) is 3.63. The van der Waals surface area contributed by atoms with Crippen LogP contribution < -0.4 is 9.47 Å². The molecule has 0 radical (unpaired) electrons. The van der Waals surface area contributed by atoms with Crippen LogP contribution in [0.2, 0.25) is 0 Å². The highest BCUT2D eigenvalue weighted by Crippen LogP contribution is 2.32. The van der Waals surface area contributed by atoms with Crippen LogP contribution >= 0.6 is 0 Å². The standard InChI is InChI=1S/C13H16O6S/c14-13(15)3-1-2-8-20(16,17)10-4-5-11-12(9-10)19-7-6-18-11/h4-5,9H,1-3,6-8H2,(H,14,15). The number of unbranched alkanes of at least 4 members (excludes halogenated alkanes) is 1. The minimum atomic E-state index is -3.42. The zero-order valence-electron chi connectivity index (χ0n) is 10.9. The summed E-state index contributed by atoms with van der Waals surface area (Å²) in [6, 6.07) is 4.53. The number of carboxylic acids is 1. The maximum absolute atomic E-state index is 12.1. The number of ether oxygens (including phenoxy) is 2. The molecule has 1 aromatic rings. The smallest absolute Gasteiger partial charge is 0.303 e. The molecule has 2 rings (SSSR count). The lowest BCUT2D eigenvalue weighted by molar-refractivity contribution is -0.137. The van der Waals surface area contributed by atoms with Crippen molar-refractivity contribution in [3.8, 4) is 11.5 Å². The number of aliphatic carboxylic acids is 1. The molecule has 0 unspecified atom stereocenters. The van der Waals surface area contributed by atoms with Gasteiger partial charge in [-0.3, -0.25) is 4.79 Å². The van der Waals surface area contributed by atoms with Crippen molar-refractivity contribution < 1.29 is 27.8 Å². The average Bonchev–Trinajstić information content (AvgIpc) is 2.43. The maximum Gasteiger partial charge on any atom is 0.303 e. The first kappa shape index (κ1) is 14.6. The zero-order chi connectivity index (χ0) is 14.6. The van der Waals surface area contributed by atoms with E-state index in [4.69, 9.17) is 14.6 Å². The van der Waals surface area contributed by atoms with Gasteiger partial charge in [0.1, 0.15) is 13.2 Å². The Morgan fingerprint density at radius 3 is 2.55 bits per heavy atom. The first-order valence-corrected chi connectivity index (χ1v) is 7.98. The highest BCUT2D eigenvalue weighted by atomic mass is 32.2. The number of sulfone groups is 1. The molecule has 1 heterocycles. The molecule has 0 atom stereocenters. The van der Waals surface area contributed by atoms with Crippen molar-refractivity contribution in [1.82, 2.24) is 0 Å². The molecule has 0 fully saturated rings. The normalized spacial score (nSPS) is 14.0. The van der Waals surface area contributed by atoms with Crippen molar-refractivity contribution in [3.63, 3.8) is 0 Å². The second kappa shape index (κ2) is 6.13. The van der Waals surface area contributed by atoms with Crippen LogP contribution in [0.25, 0.3) is 0 Å². The molecule has 6 nitrogen and oxygen atoms in total. The van der Waals surface area contributed by atoms with Crippen molar-refractivity contribution in [3.05, 3.63) is 18.2 Å². The lowest BCUT2D eigenvalue weighted by Crippen LogP contribution is -2.16. The Hall–Kier alpha value is -1.76. The van der Waals surface area contributed by atoms with Crippen molar-refractivity contribution in [2.45, 2.75) is 24.2 Å². The van der Waals surface area contributed by atoms with E-state index in [-0.39, 0.29) is 17.1 Å². The van der Waals surface area contributed by atoms with Gasteiger partial charge in [0.2, 0.25) is 0 Å². The Labute approximate surface area is 117 Å². The molecule has 0 saturated carbocycles. The van der Waals surface area contributed by atoms with E-state index in [1.165, 1.54) is 12.1 Å². The minimum Gasteiger partial charge on any atom is -0.486 e. The average molecular weight is 300 g/mol. The van der Waals surface area contributed by atoms with Gasteiger partial charge in [0.05, 0.1) is 10.6 Å². The highest BCUT2D eigenvalue weighted by Gasteiger charge is 2.19. The Bertz CT molecular complexity index is 593. The van der Waals surface area contributed by atoms with Gasteiger partial charge in [-0.05, 0) is 25.0 Å². The van der Waals surface area contributed by atoms with E-state index in [2.05, 4.69) is 0 Å². The van der Waals surface area contributed by atoms with E-state index in [1.54, 1.807) is 6.07 Å². The van der Waals surface area contributed by atoms with Gasteiger partial charge in [-0.25, -0.2) is 8.42 Å². The number of benzene rings is 1. The first-order chi connectivity index (χ1) is 9.49. The molecular weight excluding hydrogens is 284 g/mol. The summed E-state index contributed by atoms with van der Waals surface area (Å²) in [5.41, 5.74) is 0. The van der Waals surface area contributed by atoms with Crippen LogP contribution in [0.15, 0.2) is 23.1 Å². The predicted molar refractivity (Wildman–Crippen MR) is 71.0 cm³/mol. The summed E-state index contributed by atoms with van der Waals surface area (Å²) < 4.78 is 34.9. The number of hydrogen-bond donors (Lipinski definition) is 1. The molecule has 0 aliphatic carbocycles. The van der Waals surface area contributed by atoms with Crippen molar-refractivity contribution in [1.29, 1.82) is 0 Å². The Morgan fingerprint density at radius 1 is 1.15 bits per heavy atom. The van der Waals surface area contributed by atoms with Crippen molar-refractivity contribution in [2.24, 2.45) is 0 Å². The van der Waals surface area contributed by atoms with E-state index >= 15 is 0 Å². The summed E-state index contributed by atoms with van der Waals surface area (Å²) >= 11 is 0. The first-order valence-electron chi connectivity index (χ1n) is 6.33. The van der Waals surface area contributed by atoms with Crippen molar-refractivity contribution >= 4 is 15.8 Å². The summed E-state index contributed by atoms with van der Waals surface area (Å²) in [7, 11) is -3.42. The molecule has 0 spiro atoms. The summed E-state index contributed by atoms with van der Waals surface area (Å²) in [6.07, 6.45) is 0.652. The number of carboxylic acid groups (broad SMARTS) is 1. The lowest BCUT2D eigenvalue weighted by atomic mass is 10.2. The quantitative estimate of drug-likeness (QED) is 0.800. The highest BCUT2D eigenvalue weighted by molar-refractivity contribution is 7.91. The summed E-state index contributed by atoms with van der Waals surface area (Å²) in [5.74, 6) is -0.00872. The van der Waals surface area contributed by atoms with Gasteiger partial charge in [0.25, 0.3) is 0 Å². The van der Waals surface area contributed by atoms with Crippen LogP contribution in [0.5, 0.6) is 11.5 Å². The molecule has 1 aliphatic rings. The van der Waals surface area contributed by atoms with Crippen LogP contribution in [0.4, 0.5) is 0 Å². The predicted octanol–water partition coefficient (Wildman–Crippen LogP) is 1.49. The molecule has 0 aromatic heterocycles. The molecule has 1 aromatic carbocycles. The Kier molecular flexibility index (Phi) is 4.49. The lowest BCUT2D eigenvalue weighted by Gasteiger charge is -2.18. The molecule has 110 valence electrons. The van der Waals surface area contributed by atoms with Gasteiger partial charge in [0, 0.05) is 12.5 Å². The van der Waals surface area contributed by atoms with Crippen LogP contribution in [-0.4, -0.2) is 38.5 Å². The van der Waals surface area contributed by atoms with Gasteiger partial charge in [-0.1, -0.05) is 0 Å². The second-order valence-electron chi connectivity index (χ2n) is 4.48. The van der Waals surface area contributed by atoms with Crippen LogP contribution in [-0.2, 0) is 14.6 Å². The van der Waals surface area contributed by atoms with E-state index in [0.29, 0.717) is 37.6 Å². The largest absolute Gasteiger partial charge is 0.486 e. The summed E-state index contributed by atoms with van der Waals surface area (Å²) in [5, 5.41) is 8.51. The van der Waals surface area contributed by atoms with Crippen molar-refractivity contribution in [2.75, 3.05) is 19.0 Å². The molecule has 1 N–H and O–H groups in total. The fourth-order valence-electron chi connectivity index (χ4n) is 1.90. The third-order valence-electron chi connectivity index (χ3n) is 2.93. The molecule has 0 bridgehead atoms. The number of hydrogen-bond acceptors (Lipinski definition) is 5.